The van der Waals surface area contributed by atoms with Crippen LogP contribution in [0.15, 0.2) is 53.7 Å². The molecule has 1 aliphatic rings. The highest BCUT2D eigenvalue weighted by molar-refractivity contribution is 7.89. The van der Waals surface area contributed by atoms with Crippen LogP contribution in [0.2, 0.25) is 0 Å². The number of rotatable bonds is 6. The minimum Gasteiger partial charge on any atom is -0.347 e. The molecule has 2 aromatic heterocycles. The lowest BCUT2D eigenvalue weighted by Crippen LogP contribution is -2.43. The molecule has 30 heavy (non-hydrogen) atoms. The lowest BCUT2D eigenvalue weighted by Gasteiger charge is -2.30. The molecule has 7 nitrogen and oxygen atoms in total. The molecule has 1 amide bonds. The van der Waals surface area contributed by atoms with Crippen molar-refractivity contribution in [2.24, 2.45) is 0 Å². The van der Waals surface area contributed by atoms with Gasteiger partial charge in [0.05, 0.1) is 14.5 Å². The number of benzene rings is 1. The number of sulfonamides is 1. The van der Waals surface area contributed by atoms with Crippen LogP contribution in [0, 0.1) is 0 Å². The summed E-state index contributed by atoms with van der Waals surface area (Å²) in [5.41, 5.74) is 0.842. The second kappa shape index (κ2) is 8.81. The van der Waals surface area contributed by atoms with Gasteiger partial charge in [-0.15, -0.1) is 11.3 Å². The third-order valence-corrected chi connectivity index (χ3v) is 8.43. The summed E-state index contributed by atoms with van der Waals surface area (Å²) in [6, 6.07) is 10.5. The van der Waals surface area contributed by atoms with Gasteiger partial charge in [-0.25, -0.2) is 8.42 Å². The van der Waals surface area contributed by atoms with Gasteiger partial charge >= 0.3 is 0 Å². The number of pyridine rings is 1. The molecule has 0 radical (unpaired) electrons. The molecule has 0 aliphatic carbocycles. The summed E-state index contributed by atoms with van der Waals surface area (Å²) in [5.74, 6) is -0.154. The highest BCUT2D eigenvalue weighted by Crippen LogP contribution is 2.24. The van der Waals surface area contributed by atoms with E-state index in [4.69, 9.17) is 0 Å². The van der Waals surface area contributed by atoms with E-state index in [2.05, 4.69) is 15.6 Å². The van der Waals surface area contributed by atoms with Crippen molar-refractivity contribution in [1.29, 1.82) is 0 Å². The van der Waals surface area contributed by atoms with Gasteiger partial charge < -0.3 is 10.6 Å². The first kappa shape index (κ1) is 20.9. The Bertz CT molecular complexity index is 1100. The Labute approximate surface area is 180 Å². The average Bonchev–Trinajstić information content (AvgIpc) is 3.22. The smallest absolute Gasteiger partial charge is 0.261 e. The summed E-state index contributed by atoms with van der Waals surface area (Å²) in [4.78, 5) is 17.4. The molecule has 1 aromatic carbocycles. The van der Waals surface area contributed by atoms with Crippen LogP contribution in [0.25, 0.3) is 10.1 Å². The van der Waals surface area contributed by atoms with E-state index in [9.17, 15) is 13.2 Å². The van der Waals surface area contributed by atoms with Crippen molar-refractivity contribution in [3.05, 3.63) is 59.2 Å². The molecule has 1 saturated heterocycles. The van der Waals surface area contributed by atoms with Crippen molar-refractivity contribution >= 4 is 37.4 Å². The number of nitrogens with zero attached hydrogens (tertiary/aromatic N) is 2. The number of nitrogens with one attached hydrogen (secondary N) is 2. The fraction of sp³-hybridized carbons (Fsp3) is 0.333. The number of hydrogen-bond donors (Lipinski definition) is 2. The first-order valence-corrected chi connectivity index (χ1v) is 12.1. The Morgan fingerprint density at radius 3 is 2.67 bits per heavy atom. The van der Waals surface area contributed by atoms with Crippen LogP contribution in [-0.2, 0) is 16.6 Å². The number of thiophene rings is 1. The molecule has 3 heterocycles. The third-order valence-electron chi connectivity index (χ3n) is 5.42. The molecule has 158 valence electrons. The molecule has 1 fully saturated rings. The van der Waals surface area contributed by atoms with Crippen LogP contribution in [0.3, 0.4) is 0 Å². The third kappa shape index (κ3) is 4.39. The summed E-state index contributed by atoms with van der Waals surface area (Å²) in [6.07, 6.45) is 5.08. The minimum absolute atomic E-state index is 0.0201. The molecule has 2 N–H and O–H groups in total. The van der Waals surface area contributed by atoms with Crippen molar-refractivity contribution < 1.29 is 13.2 Å². The Balaban J connectivity index is 1.40. The maximum atomic E-state index is 12.9. The topological polar surface area (TPSA) is 91.4 Å². The molecule has 0 saturated carbocycles. The zero-order valence-corrected chi connectivity index (χ0v) is 18.3. The molecule has 0 spiro atoms. The van der Waals surface area contributed by atoms with Gasteiger partial charge in [-0.2, -0.15) is 4.31 Å². The fourth-order valence-corrected chi connectivity index (χ4v) is 5.94. The lowest BCUT2D eigenvalue weighted by molar-refractivity contribution is 0.0955. The first-order chi connectivity index (χ1) is 14.4. The normalized spacial score (nSPS) is 15.5. The van der Waals surface area contributed by atoms with Gasteiger partial charge in [0.1, 0.15) is 0 Å². The maximum absolute atomic E-state index is 12.9. The summed E-state index contributed by atoms with van der Waals surface area (Å²) in [6.45, 7) is 1.99. The quantitative estimate of drug-likeness (QED) is 0.610. The second-order valence-electron chi connectivity index (χ2n) is 7.35. The van der Waals surface area contributed by atoms with E-state index in [1.165, 1.54) is 15.6 Å². The molecule has 4 rings (SSSR count). The van der Waals surface area contributed by atoms with Crippen molar-refractivity contribution in [1.82, 2.24) is 19.9 Å². The monoisotopic (exact) mass is 444 g/mol. The van der Waals surface area contributed by atoms with E-state index in [0.29, 0.717) is 11.4 Å². The molecule has 0 atom stereocenters. The summed E-state index contributed by atoms with van der Waals surface area (Å²) in [5, 5.41) is 7.14. The number of hydrogen-bond acceptors (Lipinski definition) is 6. The number of carbonyl (C=O) groups excluding carboxylic acids is 1. The number of amides is 1. The maximum Gasteiger partial charge on any atom is 0.261 e. The van der Waals surface area contributed by atoms with Crippen LogP contribution >= 0.6 is 11.3 Å². The molecular formula is C21H24N4O3S2. The van der Waals surface area contributed by atoms with Crippen LogP contribution in [0.1, 0.15) is 28.1 Å². The van der Waals surface area contributed by atoms with Gasteiger partial charge in [0, 0.05) is 32.0 Å². The van der Waals surface area contributed by atoms with Gasteiger partial charge in [-0.1, -0.05) is 12.1 Å². The SMILES string of the molecule is CN(C1CCNCC1)S(=O)(=O)c1ccc(CNC(=O)c2cc3ccncc3s2)cc1. The Morgan fingerprint density at radius 1 is 1.23 bits per heavy atom. The molecule has 3 aromatic rings. The van der Waals surface area contributed by atoms with Crippen molar-refractivity contribution in [2.45, 2.75) is 30.3 Å². The number of piperidine rings is 1. The average molecular weight is 445 g/mol. The van der Waals surface area contributed by atoms with Crippen LogP contribution in [-0.4, -0.2) is 49.8 Å². The molecule has 0 bridgehead atoms. The standard InChI is InChI=1S/C21H24N4O3S2/c1-25(17-7-10-22-11-8-17)30(27,28)18-4-2-15(3-5-18)13-24-21(26)19-12-16-6-9-23-14-20(16)29-19/h2-6,9,12,14,17,22H,7-8,10-11,13H2,1H3,(H,24,26). The van der Waals surface area contributed by atoms with E-state index < -0.39 is 10.0 Å². The molecular weight excluding hydrogens is 420 g/mol. The number of fused-ring (bicyclic) bond motifs is 1. The highest BCUT2D eigenvalue weighted by Gasteiger charge is 2.28. The van der Waals surface area contributed by atoms with Crippen molar-refractivity contribution in [3.8, 4) is 0 Å². The first-order valence-electron chi connectivity index (χ1n) is 9.84. The van der Waals surface area contributed by atoms with E-state index in [0.717, 1.165) is 41.6 Å². The Kier molecular flexibility index (Phi) is 6.14. The van der Waals surface area contributed by atoms with E-state index >= 15 is 0 Å². The summed E-state index contributed by atoms with van der Waals surface area (Å²) < 4.78 is 28.3. The summed E-state index contributed by atoms with van der Waals surface area (Å²) in [7, 11) is -1.88. The van der Waals surface area contributed by atoms with Gasteiger partial charge in [-0.05, 0) is 61.1 Å². The van der Waals surface area contributed by atoms with E-state index in [1.54, 1.807) is 43.7 Å². The predicted molar refractivity (Wildman–Crippen MR) is 118 cm³/mol. The van der Waals surface area contributed by atoms with Crippen molar-refractivity contribution in [3.63, 3.8) is 0 Å². The summed E-state index contributed by atoms with van der Waals surface area (Å²) >= 11 is 1.40. The van der Waals surface area contributed by atoms with Gasteiger partial charge in [0.25, 0.3) is 5.91 Å². The van der Waals surface area contributed by atoms with Gasteiger partial charge in [0.2, 0.25) is 10.0 Å². The van der Waals surface area contributed by atoms with Crippen LogP contribution < -0.4 is 10.6 Å². The zero-order valence-electron chi connectivity index (χ0n) is 16.7. The van der Waals surface area contributed by atoms with Gasteiger partial charge in [-0.3, -0.25) is 9.78 Å². The van der Waals surface area contributed by atoms with Gasteiger partial charge in [0.15, 0.2) is 0 Å². The molecule has 9 heteroatoms. The molecule has 1 aliphatic heterocycles. The lowest BCUT2D eigenvalue weighted by atomic mass is 10.1. The van der Waals surface area contributed by atoms with E-state index in [-0.39, 0.29) is 16.8 Å². The predicted octanol–water partition coefficient (Wildman–Crippen LogP) is 2.60. The Morgan fingerprint density at radius 2 is 1.97 bits per heavy atom. The van der Waals surface area contributed by atoms with Crippen molar-refractivity contribution in [2.75, 3.05) is 20.1 Å². The molecule has 0 unspecified atom stereocenters. The highest BCUT2D eigenvalue weighted by atomic mass is 32.2. The zero-order chi connectivity index (χ0) is 21.1. The largest absolute Gasteiger partial charge is 0.347 e. The van der Waals surface area contributed by atoms with Crippen LogP contribution in [0.4, 0.5) is 0 Å². The number of aromatic nitrogens is 1. The van der Waals surface area contributed by atoms with Crippen LogP contribution in [0.5, 0.6) is 0 Å². The Hall–Kier alpha value is -2.33. The second-order valence-corrected chi connectivity index (χ2v) is 10.4. The minimum atomic E-state index is -3.53. The number of carbonyl (C=O) groups is 1. The fourth-order valence-electron chi connectivity index (χ4n) is 3.58. The van der Waals surface area contributed by atoms with E-state index in [1.807, 2.05) is 12.1 Å².